The van der Waals surface area contributed by atoms with Gasteiger partial charge in [0.05, 0.1) is 5.69 Å². The number of benzene rings is 1. The van der Waals surface area contributed by atoms with Crippen molar-refractivity contribution in [2.24, 2.45) is 0 Å². The molecule has 0 aliphatic rings. The van der Waals surface area contributed by atoms with Crippen molar-refractivity contribution in [3.05, 3.63) is 81.6 Å². The van der Waals surface area contributed by atoms with Gasteiger partial charge in [-0.05, 0) is 35.9 Å². The van der Waals surface area contributed by atoms with E-state index in [-0.39, 0.29) is 11.6 Å². The Morgan fingerprint density at radius 3 is 2.54 bits per heavy atom. The Kier molecular flexibility index (Phi) is 4.67. The first kappa shape index (κ1) is 15.9. The van der Waals surface area contributed by atoms with Crippen molar-refractivity contribution >= 4 is 17.5 Å². The molecule has 2 N–H and O–H groups in total. The van der Waals surface area contributed by atoms with Crippen molar-refractivity contribution in [3.8, 4) is 11.3 Å². The maximum atomic E-state index is 12.3. The molecule has 3 rings (SSSR count). The predicted octanol–water partition coefficient (Wildman–Crippen LogP) is 2.42. The fourth-order valence-electron chi connectivity index (χ4n) is 2.13. The van der Waals surface area contributed by atoms with Crippen molar-refractivity contribution < 1.29 is 4.79 Å². The second kappa shape index (κ2) is 7.06. The molecule has 7 heteroatoms. The topological polar surface area (TPSA) is 87.7 Å². The summed E-state index contributed by atoms with van der Waals surface area (Å²) in [4.78, 5) is 34.3. The molecule has 1 aromatic carbocycles. The van der Waals surface area contributed by atoms with Crippen molar-refractivity contribution in [2.75, 3.05) is 0 Å². The average molecular weight is 341 g/mol. The second-order valence-electron chi connectivity index (χ2n) is 5.03. The average Bonchev–Trinajstić information content (AvgIpc) is 2.60. The van der Waals surface area contributed by atoms with E-state index in [1.165, 1.54) is 6.07 Å². The maximum absolute atomic E-state index is 12.3. The molecule has 6 nitrogen and oxygen atoms in total. The van der Waals surface area contributed by atoms with Crippen LogP contribution in [0.25, 0.3) is 11.3 Å². The van der Waals surface area contributed by atoms with Crippen LogP contribution in [0.1, 0.15) is 16.1 Å². The molecule has 2 aromatic heterocycles. The number of carbonyl (C=O) groups excluding carboxylic acids is 1. The third-order valence-corrected chi connectivity index (χ3v) is 3.58. The summed E-state index contributed by atoms with van der Waals surface area (Å²) >= 11 is 5.85. The van der Waals surface area contributed by atoms with Crippen LogP contribution < -0.4 is 11.0 Å². The number of pyridine rings is 1. The zero-order valence-corrected chi connectivity index (χ0v) is 13.2. The van der Waals surface area contributed by atoms with Crippen LogP contribution in [-0.4, -0.2) is 20.9 Å². The van der Waals surface area contributed by atoms with Crippen LogP contribution in [0.2, 0.25) is 5.02 Å². The van der Waals surface area contributed by atoms with Gasteiger partial charge >= 0.3 is 5.69 Å². The third kappa shape index (κ3) is 3.85. The molecule has 0 aliphatic carbocycles. The molecule has 3 aromatic rings. The lowest BCUT2D eigenvalue weighted by atomic mass is 10.1. The molecule has 0 bridgehead atoms. The van der Waals surface area contributed by atoms with E-state index in [0.29, 0.717) is 22.8 Å². The first-order valence-corrected chi connectivity index (χ1v) is 7.54. The molecule has 0 spiro atoms. The number of hydrogen-bond donors (Lipinski definition) is 2. The van der Waals surface area contributed by atoms with Crippen LogP contribution in [-0.2, 0) is 6.54 Å². The summed E-state index contributed by atoms with van der Waals surface area (Å²) in [5, 5.41) is 3.33. The molecule has 1 amide bonds. The first-order valence-electron chi connectivity index (χ1n) is 7.16. The number of carbonyl (C=O) groups is 1. The number of rotatable bonds is 4. The molecule has 2 heterocycles. The molecule has 0 radical (unpaired) electrons. The number of H-pyrrole nitrogens is 1. The van der Waals surface area contributed by atoms with Crippen LogP contribution in [0.3, 0.4) is 0 Å². The van der Waals surface area contributed by atoms with E-state index in [4.69, 9.17) is 11.6 Å². The van der Waals surface area contributed by atoms with Gasteiger partial charge in [-0.25, -0.2) is 4.79 Å². The summed E-state index contributed by atoms with van der Waals surface area (Å²) in [5.41, 5.74) is 1.58. The highest BCUT2D eigenvalue weighted by Crippen LogP contribution is 2.19. The van der Waals surface area contributed by atoms with E-state index < -0.39 is 5.69 Å². The van der Waals surface area contributed by atoms with Gasteiger partial charge in [0, 0.05) is 29.5 Å². The number of halogens is 1. The minimum absolute atomic E-state index is 0.147. The lowest BCUT2D eigenvalue weighted by Gasteiger charge is -2.07. The SMILES string of the molecule is O=C(NCc1ccncc1)c1cc(-c2ccc(Cl)cc2)nc(=O)[nH]1. The quantitative estimate of drug-likeness (QED) is 0.763. The van der Waals surface area contributed by atoms with E-state index in [1.807, 2.05) is 0 Å². The van der Waals surface area contributed by atoms with E-state index in [1.54, 1.807) is 48.8 Å². The molecule has 24 heavy (non-hydrogen) atoms. The van der Waals surface area contributed by atoms with Gasteiger partial charge in [-0.2, -0.15) is 4.98 Å². The zero-order chi connectivity index (χ0) is 16.9. The minimum atomic E-state index is -0.587. The highest BCUT2D eigenvalue weighted by molar-refractivity contribution is 6.30. The Morgan fingerprint density at radius 2 is 1.83 bits per heavy atom. The van der Waals surface area contributed by atoms with E-state index in [2.05, 4.69) is 20.3 Å². The molecular weight excluding hydrogens is 328 g/mol. The number of nitrogens with one attached hydrogen (secondary N) is 2. The van der Waals surface area contributed by atoms with E-state index in [9.17, 15) is 9.59 Å². The van der Waals surface area contributed by atoms with E-state index in [0.717, 1.165) is 5.56 Å². The molecule has 0 unspecified atom stereocenters. The van der Waals surface area contributed by atoms with Crippen molar-refractivity contribution in [1.82, 2.24) is 20.3 Å². The van der Waals surface area contributed by atoms with Gasteiger partial charge in [-0.1, -0.05) is 23.7 Å². The van der Waals surface area contributed by atoms with Gasteiger partial charge < -0.3 is 10.3 Å². The van der Waals surface area contributed by atoms with Crippen molar-refractivity contribution in [1.29, 1.82) is 0 Å². The fourth-order valence-corrected chi connectivity index (χ4v) is 2.25. The molecule has 0 atom stereocenters. The lowest BCUT2D eigenvalue weighted by Crippen LogP contribution is -2.27. The van der Waals surface area contributed by atoms with Crippen LogP contribution in [0.5, 0.6) is 0 Å². The van der Waals surface area contributed by atoms with Gasteiger partial charge in [-0.15, -0.1) is 0 Å². The summed E-state index contributed by atoms with van der Waals surface area (Å²) in [6, 6.07) is 12.0. The summed E-state index contributed by atoms with van der Waals surface area (Å²) in [6.07, 6.45) is 3.29. The smallest absolute Gasteiger partial charge is 0.346 e. The largest absolute Gasteiger partial charge is 0.347 e. The Labute approximate surface area is 142 Å². The Morgan fingerprint density at radius 1 is 1.12 bits per heavy atom. The zero-order valence-electron chi connectivity index (χ0n) is 12.5. The predicted molar refractivity (Wildman–Crippen MR) is 90.7 cm³/mol. The van der Waals surface area contributed by atoms with Gasteiger partial charge in [-0.3, -0.25) is 9.78 Å². The highest BCUT2D eigenvalue weighted by atomic mass is 35.5. The Bertz CT molecular complexity index is 908. The van der Waals surface area contributed by atoms with Crippen molar-refractivity contribution in [3.63, 3.8) is 0 Å². The molecule has 0 saturated heterocycles. The summed E-state index contributed by atoms with van der Waals surface area (Å²) in [7, 11) is 0. The van der Waals surface area contributed by atoms with Gasteiger partial charge in [0.25, 0.3) is 5.91 Å². The summed E-state index contributed by atoms with van der Waals surface area (Å²) < 4.78 is 0. The third-order valence-electron chi connectivity index (χ3n) is 3.33. The van der Waals surface area contributed by atoms with Crippen molar-refractivity contribution in [2.45, 2.75) is 6.54 Å². The summed E-state index contributed by atoms with van der Waals surface area (Å²) in [5.74, 6) is -0.387. The fraction of sp³-hybridized carbons (Fsp3) is 0.0588. The van der Waals surface area contributed by atoms with E-state index >= 15 is 0 Å². The number of hydrogen-bond acceptors (Lipinski definition) is 4. The highest BCUT2D eigenvalue weighted by Gasteiger charge is 2.10. The van der Waals surface area contributed by atoms with Crippen LogP contribution in [0.4, 0.5) is 0 Å². The lowest BCUT2D eigenvalue weighted by molar-refractivity contribution is 0.0945. The number of aromatic nitrogens is 3. The number of amides is 1. The van der Waals surface area contributed by atoms with Gasteiger partial charge in [0.15, 0.2) is 0 Å². The van der Waals surface area contributed by atoms with Gasteiger partial charge in [0.2, 0.25) is 0 Å². The standard InChI is InChI=1S/C17H13ClN4O2/c18-13-3-1-12(2-4-13)14-9-15(22-17(24)21-14)16(23)20-10-11-5-7-19-8-6-11/h1-9H,10H2,(H,20,23)(H,21,22,24). The molecular formula is C17H13ClN4O2. The van der Waals surface area contributed by atoms with Crippen LogP contribution in [0, 0.1) is 0 Å². The summed E-state index contributed by atoms with van der Waals surface area (Å²) in [6.45, 7) is 0.335. The molecule has 0 aliphatic heterocycles. The number of nitrogens with zero attached hydrogens (tertiary/aromatic N) is 2. The monoisotopic (exact) mass is 340 g/mol. The Balaban J connectivity index is 1.81. The molecule has 0 fully saturated rings. The Hall–Kier alpha value is -2.99. The molecule has 0 saturated carbocycles. The second-order valence-corrected chi connectivity index (χ2v) is 5.47. The van der Waals surface area contributed by atoms with Crippen LogP contribution in [0.15, 0.2) is 59.7 Å². The maximum Gasteiger partial charge on any atom is 0.346 e. The minimum Gasteiger partial charge on any atom is -0.347 e. The number of aromatic amines is 1. The normalized spacial score (nSPS) is 10.4. The van der Waals surface area contributed by atoms with Gasteiger partial charge in [0.1, 0.15) is 5.69 Å². The molecule has 120 valence electrons. The first-order chi connectivity index (χ1) is 11.6. The van der Waals surface area contributed by atoms with Crippen LogP contribution >= 0.6 is 11.6 Å².